The zero-order chi connectivity index (χ0) is 24.3. The average Bonchev–Trinajstić information content (AvgIpc) is 3.28. The summed E-state index contributed by atoms with van der Waals surface area (Å²) in [7, 11) is -3.58. The van der Waals surface area contributed by atoms with Gasteiger partial charge < -0.3 is 0 Å². The summed E-state index contributed by atoms with van der Waals surface area (Å²) in [5.74, 6) is 0.461. The highest BCUT2D eigenvalue weighted by atomic mass is 32.2. The number of tetrazole rings is 1. The highest BCUT2D eigenvalue weighted by molar-refractivity contribution is 7.89. The van der Waals surface area contributed by atoms with Crippen LogP contribution in [0.3, 0.4) is 0 Å². The molecule has 1 aliphatic heterocycles. The second-order valence-electron chi connectivity index (χ2n) is 8.13. The van der Waals surface area contributed by atoms with E-state index in [1.807, 2.05) is 17.0 Å². The number of benzene rings is 2. The molecule has 0 aliphatic carbocycles. The van der Waals surface area contributed by atoms with Gasteiger partial charge in [-0.2, -0.15) is 22.2 Å². The molecule has 2 heterocycles. The predicted molar refractivity (Wildman–Crippen MR) is 119 cm³/mol. The highest BCUT2D eigenvalue weighted by Crippen LogP contribution is 2.29. The van der Waals surface area contributed by atoms with Crippen molar-refractivity contribution >= 4 is 10.0 Å². The Hall–Kier alpha value is -2.83. The molecule has 4 rings (SSSR count). The van der Waals surface area contributed by atoms with Gasteiger partial charge in [0.2, 0.25) is 10.0 Å². The van der Waals surface area contributed by atoms with Crippen LogP contribution in [0.1, 0.15) is 30.3 Å². The Morgan fingerprint density at radius 2 is 1.59 bits per heavy atom. The van der Waals surface area contributed by atoms with Crippen molar-refractivity contribution in [2.24, 2.45) is 0 Å². The Bertz CT molecular complexity index is 1200. The summed E-state index contributed by atoms with van der Waals surface area (Å²) in [5.41, 5.74) is 0.779. The number of aromatic nitrogens is 4. The number of sulfonamides is 1. The maximum absolute atomic E-state index is 13.0. The smallest absolute Gasteiger partial charge is 0.293 e. The Labute approximate surface area is 196 Å². The molecule has 0 bridgehead atoms. The van der Waals surface area contributed by atoms with E-state index in [-0.39, 0.29) is 4.90 Å². The van der Waals surface area contributed by atoms with Gasteiger partial charge in [0.05, 0.1) is 22.7 Å². The van der Waals surface area contributed by atoms with E-state index in [1.54, 1.807) is 12.1 Å². The van der Waals surface area contributed by atoms with Crippen LogP contribution in [-0.2, 0) is 29.2 Å². The Balaban J connectivity index is 1.39. The molecule has 8 nitrogen and oxygen atoms in total. The quantitative estimate of drug-likeness (QED) is 0.502. The first kappa shape index (κ1) is 24.3. The SMILES string of the molecule is CCCc1ccc(S(=O)(=O)N2CCN(Cc3nnnn3-c3ccc(C(F)(F)F)cc3)CC2)cc1. The fraction of sp³-hybridized carbons (Fsp3) is 0.409. The summed E-state index contributed by atoms with van der Waals surface area (Å²) in [6.07, 6.45) is -2.51. The largest absolute Gasteiger partial charge is 0.416 e. The number of alkyl halides is 3. The molecule has 0 atom stereocenters. The average molecular weight is 495 g/mol. The fourth-order valence-electron chi connectivity index (χ4n) is 3.89. The van der Waals surface area contributed by atoms with Crippen LogP contribution in [0.2, 0.25) is 0 Å². The normalized spacial score (nSPS) is 16.1. The molecule has 0 spiro atoms. The van der Waals surface area contributed by atoms with E-state index in [1.165, 1.54) is 21.1 Å². The van der Waals surface area contributed by atoms with Crippen LogP contribution in [0.25, 0.3) is 5.69 Å². The molecule has 0 N–H and O–H groups in total. The van der Waals surface area contributed by atoms with Gasteiger partial charge in [0.25, 0.3) is 0 Å². The lowest BCUT2D eigenvalue weighted by Crippen LogP contribution is -2.48. The topological polar surface area (TPSA) is 84.2 Å². The van der Waals surface area contributed by atoms with Crippen molar-refractivity contribution < 1.29 is 21.6 Å². The number of nitrogens with zero attached hydrogens (tertiary/aromatic N) is 6. The van der Waals surface area contributed by atoms with Gasteiger partial charge in [0, 0.05) is 26.2 Å². The van der Waals surface area contributed by atoms with Crippen LogP contribution in [0.15, 0.2) is 53.4 Å². The molecule has 0 amide bonds. The molecular weight excluding hydrogens is 469 g/mol. The minimum absolute atomic E-state index is 0.284. The van der Waals surface area contributed by atoms with E-state index >= 15 is 0 Å². The van der Waals surface area contributed by atoms with Crippen LogP contribution in [0.5, 0.6) is 0 Å². The van der Waals surface area contributed by atoms with E-state index in [0.717, 1.165) is 30.5 Å². The first-order valence-electron chi connectivity index (χ1n) is 10.9. The third-order valence-corrected chi connectivity index (χ3v) is 7.68. The summed E-state index contributed by atoms with van der Waals surface area (Å²) >= 11 is 0. The maximum atomic E-state index is 13.0. The van der Waals surface area contributed by atoms with Crippen molar-refractivity contribution in [2.75, 3.05) is 26.2 Å². The van der Waals surface area contributed by atoms with Crippen molar-refractivity contribution in [2.45, 2.75) is 37.4 Å². The lowest BCUT2D eigenvalue weighted by Gasteiger charge is -2.33. The monoisotopic (exact) mass is 494 g/mol. The molecule has 1 aliphatic rings. The summed E-state index contributed by atoms with van der Waals surface area (Å²) in [6, 6.07) is 11.6. The predicted octanol–water partition coefficient (Wildman–Crippen LogP) is 3.14. The van der Waals surface area contributed by atoms with Gasteiger partial charge in [-0.1, -0.05) is 25.5 Å². The number of hydrogen-bond donors (Lipinski definition) is 0. The molecule has 1 saturated heterocycles. The second kappa shape index (κ2) is 9.80. The van der Waals surface area contributed by atoms with Gasteiger partial charge in [-0.3, -0.25) is 4.90 Å². The van der Waals surface area contributed by atoms with Crippen LogP contribution in [0, 0.1) is 0 Å². The van der Waals surface area contributed by atoms with Gasteiger partial charge >= 0.3 is 6.18 Å². The molecule has 12 heteroatoms. The lowest BCUT2D eigenvalue weighted by atomic mass is 10.1. The summed E-state index contributed by atoms with van der Waals surface area (Å²) in [4.78, 5) is 2.30. The van der Waals surface area contributed by atoms with E-state index in [9.17, 15) is 21.6 Å². The lowest BCUT2D eigenvalue weighted by molar-refractivity contribution is -0.137. The maximum Gasteiger partial charge on any atom is 0.416 e. The van der Waals surface area contributed by atoms with Crippen LogP contribution in [0.4, 0.5) is 13.2 Å². The molecule has 3 aromatic rings. The molecule has 182 valence electrons. The Morgan fingerprint density at radius 3 is 2.18 bits per heavy atom. The Morgan fingerprint density at radius 1 is 0.941 bits per heavy atom. The first-order chi connectivity index (χ1) is 16.2. The molecule has 0 radical (unpaired) electrons. The van der Waals surface area contributed by atoms with Crippen molar-refractivity contribution in [3.63, 3.8) is 0 Å². The number of rotatable bonds is 7. The summed E-state index contributed by atoms with van der Waals surface area (Å²) in [5, 5.41) is 11.6. The number of halogens is 3. The fourth-order valence-corrected chi connectivity index (χ4v) is 5.31. The van der Waals surface area contributed by atoms with Gasteiger partial charge in [0.1, 0.15) is 0 Å². The number of piperazine rings is 1. The standard InChI is InChI=1S/C22H25F3N6O2S/c1-2-3-17-4-10-20(11-5-17)34(32,33)30-14-12-29(13-15-30)16-21-26-27-28-31(21)19-8-6-18(7-9-19)22(23,24)25/h4-11H,2-3,12-16H2,1H3. The van der Waals surface area contributed by atoms with Crippen LogP contribution >= 0.6 is 0 Å². The Kier molecular flexibility index (Phi) is 7.01. The van der Waals surface area contributed by atoms with E-state index in [0.29, 0.717) is 44.2 Å². The minimum atomic E-state index is -4.42. The molecule has 0 saturated carbocycles. The molecular formula is C22H25F3N6O2S. The van der Waals surface area contributed by atoms with Gasteiger partial charge in [-0.05, 0) is 58.8 Å². The van der Waals surface area contributed by atoms with Crippen molar-refractivity contribution in [1.82, 2.24) is 29.4 Å². The molecule has 34 heavy (non-hydrogen) atoms. The molecule has 0 unspecified atom stereocenters. The zero-order valence-corrected chi connectivity index (χ0v) is 19.4. The first-order valence-corrected chi connectivity index (χ1v) is 12.4. The van der Waals surface area contributed by atoms with E-state index in [4.69, 9.17) is 0 Å². The zero-order valence-electron chi connectivity index (χ0n) is 18.6. The molecule has 1 fully saturated rings. The van der Waals surface area contributed by atoms with Crippen LogP contribution in [-0.4, -0.2) is 64.0 Å². The molecule has 2 aromatic carbocycles. The van der Waals surface area contributed by atoms with Crippen LogP contribution < -0.4 is 0 Å². The van der Waals surface area contributed by atoms with Gasteiger partial charge in [-0.15, -0.1) is 5.10 Å². The van der Waals surface area contributed by atoms with Gasteiger partial charge in [0.15, 0.2) is 5.82 Å². The number of hydrogen-bond acceptors (Lipinski definition) is 6. The number of aryl methyl sites for hydroxylation is 1. The minimum Gasteiger partial charge on any atom is -0.293 e. The van der Waals surface area contributed by atoms with Crippen molar-refractivity contribution in [3.8, 4) is 5.69 Å². The van der Waals surface area contributed by atoms with Gasteiger partial charge in [-0.25, -0.2) is 8.42 Å². The second-order valence-corrected chi connectivity index (χ2v) is 10.1. The molecule has 1 aromatic heterocycles. The third-order valence-electron chi connectivity index (χ3n) is 5.77. The van der Waals surface area contributed by atoms with E-state index < -0.39 is 21.8 Å². The highest BCUT2D eigenvalue weighted by Gasteiger charge is 2.31. The third kappa shape index (κ3) is 5.29. The van der Waals surface area contributed by atoms with Crippen molar-refractivity contribution in [1.29, 1.82) is 0 Å². The summed E-state index contributed by atoms with van der Waals surface area (Å²) < 4.78 is 67.3. The van der Waals surface area contributed by atoms with Crippen molar-refractivity contribution in [3.05, 3.63) is 65.5 Å². The van der Waals surface area contributed by atoms with E-state index in [2.05, 4.69) is 22.4 Å². The summed E-state index contributed by atoms with van der Waals surface area (Å²) in [6.45, 7) is 4.02.